The number of fused-ring (bicyclic) bond motifs is 3. The smallest absolute Gasteiger partial charge is 0.237 e. The molecule has 3 fully saturated rings. The molecule has 1 aromatic heterocycles. The standard InChI is InChI=1S/C28H38N5O4P/c1-5-38(35,6-2)24-12-11-22(26(31-24)37-4)29-25-18-9-7-16(13-23(18)32-33-25)20-15-28(20)19-14-17(36-3)8-10-21(19)30-27(28)34/h8,10-12,14,16,18,20,23,25,29,32-33H,5-7,9,13,15H2,1-4H3,(H,30,34)/t16?,18?,20-,23?,25?,28-/m0/s1. The number of carbonyl (C=O) groups is 1. The maximum atomic E-state index is 13.2. The average Bonchev–Trinajstić information content (AvgIpc) is 3.50. The number of amides is 1. The highest BCUT2D eigenvalue weighted by Gasteiger charge is 2.67. The zero-order valence-electron chi connectivity index (χ0n) is 22.5. The van der Waals surface area contributed by atoms with Crippen LogP contribution in [0.5, 0.6) is 11.6 Å². The molecule has 1 aromatic carbocycles. The molecule has 2 aliphatic heterocycles. The van der Waals surface area contributed by atoms with Crippen LogP contribution in [0, 0.1) is 17.8 Å². The third kappa shape index (κ3) is 3.93. The van der Waals surface area contributed by atoms with Crippen LogP contribution in [0.3, 0.4) is 0 Å². The maximum absolute atomic E-state index is 13.2. The van der Waals surface area contributed by atoms with Gasteiger partial charge in [-0.05, 0) is 73.4 Å². The minimum absolute atomic E-state index is 0.0274. The minimum Gasteiger partial charge on any atom is -0.497 e. The van der Waals surface area contributed by atoms with E-state index in [1.165, 1.54) is 0 Å². The Morgan fingerprint density at radius 1 is 1.11 bits per heavy atom. The second kappa shape index (κ2) is 9.54. The summed E-state index contributed by atoms with van der Waals surface area (Å²) in [7, 11) is 0.786. The van der Waals surface area contributed by atoms with Crippen molar-refractivity contribution in [1.82, 2.24) is 15.8 Å². The summed E-state index contributed by atoms with van der Waals surface area (Å²) in [6, 6.07) is 10.0. The van der Waals surface area contributed by atoms with Gasteiger partial charge >= 0.3 is 0 Å². The summed E-state index contributed by atoms with van der Waals surface area (Å²) < 4.78 is 24.2. The number of benzene rings is 1. The second-order valence-corrected chi connectivity index (χ2v) is 14.7. The Morgan fingerprint density at radius 2 is 1.92 bits per heavy atom. The topological polar surface area (TPSA) is 114 Å². The summed E-state index contributed by atoms with van der Waals surface area (Å²) in [6.07, 6.45) is 5.29. The fraction of sp³-hybridized carbons (Fsp3) is 0.571. The van der Waals surface area contributed by atoms with Crippen molar-refractivity contribution in [2.75, 3.05) is 37.2 Å². The molecule has 1 spiro atoms. The van der Waals surface area contributed by atoms with Crippen molar-refractivity contribution in [2.45, 2.75) is 57.2 Å². The number of anilines is 2. The highest BCUT2D eigenvalue weighted by atomic mass is 31.2. The molecular weight excluding hydrogens is 501 g/mol. The second-order valence-electron chi connectivity index (χ2n) is 11.1. The van der Waals surface area contributed by atoms with E-state index in [9.17, 15) is 9.36 Å². The van der Waals surface area contributed by atoms with Crippen molar-refractivity contribution >= 4 is 29.9 Å². The van der Waals surface area contributed by atoms with E-state index in [4.69, 9.17) is 9.47 Å². The molecule has 4 N–H and O–H groups in total. The molecule has 0 bridgehead atoms. The SMILES string of the molecule is CCP(=O)(CC)c1ccc(NC2NNC3CC([C@@H]4C[C@@]45C(=O)Nc4ccc(OC)cc45)CCC32)c(OC)n1. The Kier molecular flexibility index (Phi) is 6.44. The number of nitrogens with zero attached hydrogens (tertiary/aromatic N) is 1. The Bertz CT molecular complexity index is 1300. The summed E-state index contributed by atoms with van der Waals surface area (Å²) in [4.78, 5) is 17.7. The Hall–Kier alpha value is -2.61. The van der Waals surface area contributed by atoms with Gasteiger partial charge < -0.3 is 24.7 Å². The van der Waals surface area contributed by atoms with Gasteiger partial charge in [-0.25, -0.2) is 10.4 Å². The van der Waals surface area contributed by atoms with Crippen molar-refractivity contribution in [1.29, 1.82) is 0 Å². The van der Waals surface area contributed by atoms with Gasteiger partial charge in [-0.15, -0.1) is 0 Å². The van der Waals surface area contributed by atoms with E-state index in [0.717, 1.165) is 48.4 Å². The van der Waals surface area contributed by atoms with Crippen LogP contribution in [-0.2, 0) is 14.8 Å². The number of rotatable bonds is 8. The number of methoxy groups -OCH3 is 2. The van der Waals surface area contributed by atoms with Gasteiger partial charge in [-0.1, -0.05) is 13.8 Å². The van der Waals surface area contributed by atoms with Gasteiger partial charge in [0.1, 0.15) is 18.3 Å². The normalized spacial score (nSPS) is 31.5. The number of carbonyl (C=O) groups excluding carboxylic acids is 1. The van der Waals surface area contributed by atoms with Crippen molar-refractivity contribution in [3.8, 4) is 11.6 Å². The number of pyridine rings is 1. The first-order chi connectivity index (χ1) is 18.4. The summed E-state index contributed by atoms with van der Waals surface area (Å²) in [6.45, 7) is 3.90. The molecule has 38 heavy (non-hydrogen) atoms. The molecule has 1 amide bonds. The molecule has 1 saturated heterocycles. The zero-order valence-corrected chi connectivity index (χ0v) is 23.4. The number of ether oxygens (including phenoxy) is 2. The lowest BCUT2D eigenvalue weighted by Gasteiger charge is -2.34. The van der Waals surface area contributed by atoms with Crippen LogP contribution < -0.4 is 36.4 Å². The molecule has 2 aromatic rings. The summed E-state index contributed by atoms with van der Waals surface area (Å²) in [5.74, 6) is 2.66. The predicted octanol–water partition coefficient (Wildman–Crippen LogP) is 3.67. The monoisotopic (exact) mass is 539 g/mol. The van der Waals surface area contributed by atoms with E-state index in [1.54, 1.807) is 14.2 Å². The van der Waals surface area contributed by atoms with Gasteiger partial charge in [-0.3, -0.25) is 10.2 Å². The lowest BCUT2D eigenvalue weighted by Crippen LogP contribution is -2.39. The van der Waals surface area contributed by atoms with E-state index in [1.807, 2.05) is 44.2 Å². The molecular formula is C28H38N5O4P. The molecule has 204 valence electrons. The molecule has 4 aliphatic rings. The van der Waals surface area contributed by atoms with Crippen LogP contribution in [0.15, 0.2) is 30.3 Å². The molecule has 10 heteroatoms. The van der Waals surface area contributed by atoms with Crippen LogP contribution in [0.2, 0.25) is 0 Å². The van der Waals surface area contributed by atoms with Crippen LogP contribution in [-0.4, -0.2) is 49.6 Å². The number of hydrogen-bond acceptors (Lipinski definition) is 8. The molecule has 9 nitrogen and oxygen atoms in total. The predicted molar refractivity (Wildman–Crippen MR) is 149 cm³/mol. The third-order valence-electron chi connectivity index (χ3n) is 9.53. The van der Waals surface area contributed by atoms with Crippen LogP contribution in [0.25, 0.3) is 0 Å². The fourth-order valence-corrected chi connectivity index (χ4v) is 8.87. The summed E-state index contributed by atoms with van der Waals surface area (Å²) in [5, 5.41) is 6.70. The van der Waals surface area contributed by atoms with Crippen molar-refractivity contribution in [2.24, 2.45) is 17.8 Å². The van der Waals surface area contributed by atoms with Crippen LogP contribution >= 0.6 is 7.14 Å². The van der Waals surface area contributed by atoms with Gasteiger partial charge in [0.05, 0.1) is 31.5 Å². The van der Waals surface area contributed by atoms with Gasteiger partial charge in [0.2, 0.25) is 11.8 Å². The molecule has 2 aliphatic carbocycles. The van der Waals surface area contributed by atoms with E-state index in [0.29, 0.717) is 47.4 Å². The van der Waals surface area contributed by atoms with Crippen molar-refractivity contribution < 1.29 is 18.8 Å². The maximum Gasteiger partial charge on any atom is 0.237 e. The molecule has 6 rings (SSSR count). The average molecular weight is 540 g/mol. The molecule has 6 atom stereocenters. The van der Waals surface area contributed by atoms with Crippen molar-refractivity contribution in [3.05, 3.63) is 35.9 Å². The van der Waals surface area contributed by atoms with Gasteiger partial charge in [0.25, 0.3) is 0 Å². The van der Waals surface area contributed by atoms with E-state index in [2.05, 4.69) is 26.5 Å². The summed E-state index contributed by atoms with van der Waals surface area (Å²) >= 11 is 0. The first kappa shape index (κ1) is 25.7. The zero-order chi connectivity index (χ0) is 26.7. The molecule has 3 heterocycles. The van der Waals surface area contributed by atoms with E-state index in [-0.39, 0.29) is 12.1 Å². The summed E-state index contributed by atoms with van der Waals surface area (Å²) in [5.41, 5.74) is 10.0. The number of hydrazine groups is 1. The van der Waals surface area contributed by atoms with Gasteiger partial charge in [0.15, 0.2) is 0 Å². The van der Waals surface area contributed by atoms with Gasteiger partial charge in [0, 0.05) is 30.0 Å². The van der Waals surface area contributed by atoms with Crippen LogP contribution in [0.4, 0.5) is 11.4 Å². The lowest BCUT2D eigenvalue weighted by atomic mass is 9.74. The Balaban J connectivity index is 1.14. The molecule has 0 radical (unpaired) electrons. The quantitative estimate of drug-likeness (QED) is 0.376. The minimum atomic E-state index is -2.49. The first-order valence-electron chi connectivity index (χ1n) is 13.8. The van der Waals surface area contributed by atoms with Crippen LogP contribution in [0.1, 0.15) is 45.1 Å². The number of nitrogens with one attached hydrogen (secondary N) is 4. The lowest BCUT2D eigenvalue weighted by molar-refractivity contribution is -0.118. The fourth-order valence-electron chi connectivity index (χ4n) is 7.15. The first-order valence-corrected chi connectivity index (χ1v) is 15.9. The highest BCUT2D eigenvalue weighted by molar-refractivity contribution is 7.71. The molecule has 4 unspecified atom stereocenters. The highest BCUT2D eigenvalue weighted by Crippen LogP contribution is 2.65. The number of aromatic nitrogens is 1. The van der Waals surface area contributed by atoms with Crippen molar-refractivity contribution in [3.63, 3.8) is 0 Å². The van der Waals surface area contributed by atoms with Gasteiger partial charge in [-0.2, -0.15) is 0 Å². The number of hydrogen-bond donors (Lipinski definition) is 4. The largest absolute Gasteiger partial charge is 0.497 e. The van der Waals surface area contributed by atoms with E-state index < -0.39 is 12.6 Å². The molecule has 2 saturated carbocycles. The third-order valence-corrected chi connectivity index (χ3v) is 12.7. The Labute approximate surface area is 224 Å². The van der Waals surface area contributed by atoms with E-state index >= 15 is 0 Å². The Morgan fingerprint density at radius 3 is 2.66 bits per heavy atom.